The molecule has 0 radical (unpaired) electrons. The number of hydrogen-bond donors (Lipinski definition) is 1. The standard InChI is InChI=1S/C9H14N2S/c1-7-6-10-4-2-8(7)9-3-5-12-11-9/h3,5,7-8,10H,2,4,6H2,1H3. The summed E-state index contributed by atoms with van der Waals surface area (Å²) in [6, 6.07) is 2.16. The van der Waals surface area contributed by atoms with Gasteiger partial charge in [0.2, 0.25) is 0 Å². The first-order chi connectivity index (χ1) is 5.88. The highest BCUT2D eigenvalue weighted by atomic mass is 32.1. The van der Waals surface area contributed by atoms with Gasteiger partial charge in [-0.15, -0.1) is 0 Å². The molecule has 2 nitrogen and oxygen atoms in total. The molecule has 2 rings (SSSR count). The summed E-state index contributed by atoms with van der Waals surface area (Å²) in [5, 5.41) is 5.48. The van der Waals surface area contributed by atoms with Crippen molar-refractivity contribution in [2.75, 3.05) is 13.1 Å². The van der Waals surface area contributed by atoms with Crippen molar-refractivity contribution in [2.45, 2.75) is 19.3 Å². The van der Waals surface area contributed by atoms with E-state index in [0.29, 0.717) is 5.92 Å². The Balaban J connectivity index is 2.11. The van der Waals surface area contributed by atoms with Gasteiger partial charge in [-0.2, -0.15) is 4.37 Å². The van der Waals surface area contributed by atoms with E-state index in [2.05, 4.69) is 28.1 Å². The van der Waals surface area contributed by atoms with E-state index in [9.17, 15) is 0 Å². The average molecular weight is 182 g/mol. The first-order valence-corrected chi connectivity index (χ1v) is 5.32. The quantitative estimate of drug-likeness (QED) is 0.717. The van der Waals surface area contributed by atoms with Crippen molar-refractivity contribution < 1.29 is 0 Å². The summed E-state index contributed by atoms with van der Waals surface area (Å²) in [7, 11) is 0. The monoisotopic (exact) mass is 182 g/mol. The Morgan fingerprint density at radius 2 is 2.58 bits per heavy atom. The van der Waals surface area contributed by atoms with Crippen molar-refractivity contribution in [1.82, 2.24) is 9.69 Å². The van der Waals surface area contributed by atoms with Crippen LogP contribution in [0, 0.1) is 5.92 Å². The van der Waals surface area contributed by atoms with Crippen molar-refractivity contribution in [3.63, 3.8) is 0 Å². The summed E-state index contributed by atoms with van der Waals surface area (Å²) in [6.45, 7) is 4.59. The fourth-order valence-electron chi connectivity index (χ4n) is 1.87. The van der Waals surface area contributed by atoms with Gasteiger partial charge < -0.3 is 5.32 Å². The molecule has 2 heterocycles. The zero-order valence-corrected chi connectivity index (χ0v) is 8.10. The fourth-order valence-corrected chi connectivity index (χ4v) is 2.45. The van der Waals surface area contributed by atoms with Gasteiger partial charge in [-0.25, -0.2) is 0 Å². The first-order valence-electron chi connectivity index (χ1n) is 4.49. The lowest BCUT2D eigenvalue weighted by atomic mass is 9.85. The lowest BCUT2D eigenvalue weighted by Gasteiger charge is -2.27. The number of hydrogen-bond acceptors (Lipinski definition) is 3. The smallest absolute Gasteiger partial charge is 0.0576 e. The molecule has 1 aliphatic heterocycles. The maximum absolute atomic E-state index is 4.40. The molecule has 1 aromatic rings. The highest BCUT2D eigenvalue weighted by Gasteiger charge is 2.23. The predicted molar refractivity (Wildman–Crippen MR) is 51.5 cm³/mol. The molecule has 0 saturated carbocycles. The van der Waals surface area contributed by atoms with E-state index in [-0.39, 0.29) is 0 Å². The largest absolute Gasteiger partial charge is 0.316 e. The molecule has 0 aliphatic carbocycles. The molecule has 2 atom stereocenters. The summed E-state index contributed by atoms with van der Waals surface area (Å²) >= 11 is 1.56. The maximum Gasteiger partial charge on any atom is 0.0576 e. The Kier molecular flexibility index (Phi) is 2.42. The molecular weight excluding hydrogens is 168 g/mol. The molecule has 0 aromatic carbocycles. The Labute approximate surface area is 77.2 Å². The van der Waals surface area contributed by atoms with Gasteiger partial charge in [0.05, 0.1) is 5.69 Å². The minimum absolute atomic E-state index is 0.692. The number of rotatable bonds is 1. The van der Waals surface area contributed by atoms with Gasteiger partial charge in [0, 0.05) is 11.3 Å². The van der Waals surface area contributed by atoms with Crippen LogP contribution in [0.4, 0.5) is 0 Å². The molecule has 1 saturated heterocycles. The Morgan fingerprint density at radius 3 is 3.25 bits per heavy atom. The number of aromatic nitrogens is 1. The Bertz CT molecular complexity index is 233. The molecule has 1 aliphatic rings. The van der Waals surface area contributed by atoms with E-state index in [4.69, 9.17) is 0 Å². The summed E-state index contributed by atoms with van der Waals surface area (Å²) in [4.78, 5) is 0. The third-order valence-corrected chi connectivity index (χ3v) is 3.20. The summed E-state index contributed by atoms with van der Waals surface area (Å²) in [5.41, 5.74) is 1.30. The number of nitrogens with one attached hydrogen (secondary N) is 1. The van der Waals surface area contributed by atoms with E-state index in [1.807, 2.05) is 0 Å². The van der Waals surface area contributed by atoms with Gasteiger partial charge in [0.15, 0.2) is 0 Å². The fraction of sp³-hybridized carbons (Fsp3) is 0.667. The van der Waals surface area contributed by atoms with Crippen LogP contribution >= 0.6 is 11.5 Å². The molecule has 12 heavy (non-hydrogen) atoms. The number of nitrogens with zero attached hydrogens (tertiary/aromatic N) is 1. The molecular formula is C9H14N2S. The van der Waals surface area contributed by atoms with Crippen LogP contribution in [0.2, 0.25) is 0 Å². The zero-order valence-electron chi connectivity index (χ0n) is 7.29. The van der Waals surface area contributed by atoms with Crippen LogP contribution in [0.3, 0.4) is 0 Å². The van der Waals surface area contributed by atoms with Crippen molar-refractivity contribution in [3.8, 4) is 0 Å². The first kappa shape index (κ1) is 8.20. The Morgan fingerprint density at radius 1 is 1.67 bits per heavy atom. The van der Waals surface area contributed by atoms with Gasteiger partial charge in [-0.05, 0) is 43.0 Å². The highest BCUT2D eigenvalue weighted by molar-refractivity contribution is 7.03. The second-order valence-electron chi connectivity index (χ2n) is 3.50. The lowest BCUT2D eigenvalue weighted by Crippen LogP contribution is -2.33. The lowest BCUT2D eigenvalue weighted by molar-refractivity contribution is 0.345. The van der Waals surface area contributed by atoms with Crippen LogP contribution < -0.4 is 5.32 Å². The molecule has 1 N–H and O–H groups in total. The number of piperidine rings is 1. The minimum atomic E-state index is 0.692. The normalized spacial score (nSPS) is 30.4. The van der Waals surface area contributed by atoms with Gasteiger partial charge in [0.1, 0.15) is 0 Å². The SMILES string of the molecule is CC1CNCCC1c1ccsn1. The zero-order chi connectivity index (χ0) is 8.39. The van der Waals surface area contributed by atoms with Gasteiger partial charge in [-0.1, -0.05) is 6.92 Å². The van der Waals surface area contributed by atoms with Crippen molar-refractivity contribution >= 4 is 11.5 Å². The topological polar surface area (TPSA) is 24.9 Å². The van der Waals surface area contributed by atoms with Crippen LogP contribution in [-0.2, 0) is 0 Å². The minimum Gasteiger partial charge on any atom is -0.316 e. The van der Waals surface area contributed by atoms with Crippen LogP contribution in [0.15, 0.2) is 11.4 Å². The van der Waals surface area contributed by atoms with Crippen molar-refractivity contribution in [1.29, 1.82) is 0 Å². The molecule has 0 spiro atoms. The second-order valence-corrected chi connectivity index (χ2v) is 4.17. The van der Waals surface area contributed by atoms with Crippen molar-refractivity contribution in [2.24, 2.45) is 5.92 Å². The predicted octanol–water partition coefficient (Wildman–Crippen LogP) is 1.86. The molecule has 3 heteroatoms. The second kappa shape index (κ2) is 3.54. The van der Waals surface area contributed by atoms with E-state index in [1.54, 1.807) is 11.5 Å². The summed E-state index contributed by atoms with van der Waals surface area (Å²) in [5.74, 6) is 1.43. The molecule has 66 valence electrons. The van der Waals surface area contributed by atoms with E-state index >= 15 is 0 Å². The molecule has 0 amide bonds. The van der Waals surface area contributed by atoms with Gasteiger partial charge >= 0.3 is 0 Å². The molecule has 2 unspecified atom stereocenters. The third kappa shape index (κ3) is 1.52. The van der Waals surface area contributed by atoms with Crippen LogP contribution in [0.25, 0.3) is 0 Å². The molecule has 1 aromatic heterocycles. The average Bonchev–Trinajstić information content (AvgIpc) is 2.57. The van der Waals surface area contributed by atoms with Crippen LogP contribution in [-0.4, -0.2) is 17.5 Å². The Hall–Kier alpha value is -0.410. The van der Waals surface area contributed by atoms with Gasteiger partial charge in [0.25, 0.3) is 0 Å². The van der Waals surface area contributed by atoms with Crippen molar-refractivity contribution in [3.05, 3.63) is 17.1 Å². The molecule has 0 bridgehead atoms. The highest BCUT2D eigenvalue weighted by Crippen LogP contribution is 2.28. The van der Waals surface area contributed by atoms with Crippen LogP contribution in [0.1, 0.15) is 25.0 Å². The third-order valence-electron chi connectivity index (χ3n) is 2.62. The van der Waals surface area contributed by atoms with E-state index in [0.717, 1.165) is 19.0 Å². The van der Waals surface area contributed by atoms with Crippen LogP contribution in [0.5, 0.6) is 0 Å². The van der Waals surface area contributed by atoms with Gasteiger partial charge in [-0.3, -0.25) is 0 Å². The van der Waals surface area contributed by atoms with E-state index in [1.165, 1.54) is 12.1 Å². The van der Waals surface area contributed by atoms with E-state index < -0.39 is 0 Å². The maximum atomic E-state index is 4.40. The summed E-state index contributed by atoms with van der Waals surface area (Å²) < 4.78 is 4.40. The molecule has 1 fully saturated rings. The summed E-state index contributed by atoms with van der Waals surface area (Å²) in [6.07, 6.45) is 1.24.